The maximum absolute atomic E-state index is 11.8. The second kappa shape index (κ2) is 6.21. The zero-order valence-corrected chi connectivity index (χ0v) is 11.7. The fourth-order valence-corrected chi connectivity index (χ4v) is 2.00. The van der Waals surface area contributed by atoms with Crippen molar-refractivity contribution in [2.24, 2.45) is 5.92 Å². The lowest BCUT2D eigenvalue weighted by Crippen LogP contribution is -2.37. The molecule has 0 bridgehead atoms. The summed E-state index contributed by atoms with van der Waals surface area (Å²) in [5, 5.41) is 14.0. The molecule has 8 heteroatoms. The Balaban J connectivity index is 1.92. The van der Waals surface area contributed by atoms with E-state index in [2.05, 4.69) is 20.6 Å². The van der Waals surface area contributed by atoms with Crippen molar-refractivity contribution in [3.63, 3.8) is 0 Å². The van der Waals surface area contributed by atoms with Gasteiger partial charge in [0.25, 0.3) is 0 Å². The number of ether oxygens (including phenoxy) is 1. The summed E-state index contributed by atoms with van der Waals surface area (Å²) in [4.78, 5) is 30.7. The first kappa shape index (κ1) is 14.8. The highest BCUT2D eigenvalue weighted by molar-refractivity contribution is 5.88. The first-order chi connectivity index (χ1) is 9.97. The van der Waals surface area contributed by atoms with Crippen molar-refractivity contribution in [1.29, 1.82) is 0 Å². The summed E-state index contributed by atoms with van der Waals surface area (Å²) in [5.74, 6) is -0.987. The van der Waals surface area contributed by atoms with Crippen LogP contribution in [-0.4, -0.2) is 40.2 Å². The van der Waals surface area contributed by atoms with E-state index in [-0.39, 0.29) is 12.0 Å². The van der Waals surface area contributed by atoms with Crippen LogP contribution in [0.1, 0.15) is 12.1 Å². The molecule has 1 aromatic rings. The molecule has 0 radical (unpaired) electrons. The molecule has 0 aromatic carbocycles. The minimum Gasteiger partial charge on any atom is -0.481 e. The molecule has 8 nitrogen and oxygen atoms in total. The van der Waals surface area contributed by atoms with Gasteiger partial charge in [0, 0.05) is 11.8 Å². The van der Waals surface area contributed by atoms with Crippen molar-refractivity contribution < 1.29 is 19.4 Å². The Hall–Kier alpha value is -2.64. The molecule has 0 saturated heterocycles. The molecule has 1 aromatic heterocycles. The van der Waals surface area contributed by atoms with Crippen LogP contribution >= 0.6 is 0 Å². The molecule has 112 valence electrons. The highest BCUT2D eigenvalue weighted by Gasteiger charge is 2.25. The fraction of sp³-hybridized carbons (Fsp3) is 0.385. The Morgan fingerprint density at radius 1 is 1.38 bits per heavy atom. The minimum absolute atomic E-state index is 0.126. The molecule has 2 atom stereocenters. The maximum atomic E-state index is 11.8. The second-order valence-electron chi connectivity index (χ2n) is 4.65. The molecular formula is C13H16N4O4. The number of carboxylic acid groups (broad SMARTS) is 1. The van der Waals surface area contributed by atoms with Crippen molar-refractivity contribution in [3.8, 4) is 5.88 Å². The van der Waals surface area contributed by atoms with Crippen molar-refractivity contribution in [3.05, 3.63) is 23.9 Å². The Bertz CT molecular complexity index is 588. The van der Waals surface area contributed by atoms with Crippen molar-refractivity contribution in [1.82, 2.24) is 15.3 Å². The number of aryl methyl sites for hydroxylation is 1. The number of methoxy groups -OCH3 is 1. The van der Waals surface area contributed by atoms with Gasteiger partial charge in [-0.3, -0.25) is 10.1 Å². The van der Waals surface area contributed by atoms with E-state index in [4.69, 9.17) is 9.84 Å². The van der Waals surface area contributed by atoms with Crippen LogP contribution in [0.4, 0.5) is 10.7 Å². The predicted octanol–water partition coefficient (Wildman–Crippen LogP) is 0.944. The molecule has 0 aliphatic heterocycles. The SMILES string of the molecule is COc1cc(C)nc(NC(=O)NC2C=CC(C(=O)O)C2)n1. The maximum Gasteiger partial charge on any atom is 0.322 e. The summed E-state index contributed by atoms with van der Waals surface area (Å²) >= 11 is 0. The van der Waals surface area contributed by atoms with Crippen LogP contribution < -0.4 is 15.4 Å². The monoisotopic (exact) mass is 292 g/mol. The molecule has 21 heavy (non-hydrogen) atoms. The number of nitrogens with zero attached hydrogens (tertiary/aromatic N) is 2. The van der Waals surface area contributed by atoms with Crippen LogP contribution in [0.3, 0.4) is 0 Å². The van der Waals surface area contributed by atoms with Crippen molar-refractivity contribution in [2.75, 3.05) is 12.4 Å². The van der Waals surface area contributed by atoms with Gasteiger partial charge < -0.3 is 15.2 Å². The Morgan fingerprint density at radius 2 is 2.14 bits per heavy atom. The number of nitrogens with one attached hydrogen (secondary N) is 2. The van der Waals surface area contributed by atoms with E-state index in [1.807, 2.05) is 0 Å². The third-order valence-corrected chi connectivity index (χ3v) is 2.98. The number of anilines is 1. The molecular weight excluding hydrogens is 276 g/mol. The minimum atomic E-state index is -0.900. The standard InChI is InChI=1S/C13H16N4O4/c1-7-5-10(21-2)16-12(14-7)17-13(20)15-9-4-3-8(6-9)11(18)19/h3-5,8-9H,6H2,1-2H3,(H,18,19)(H2,14,15,16,17,20). The number of hydrogen-bond donors (Lipinski definition) is 3. The lowest BCUT2D eigenvalue weighted by atomic mass is 10.1. The number of aliphatic carboxylic acids is 1. The van der Waals surface area contributed by atoms with Crippen molar-refractivity contribution in [2.45, 2.75) is 19.4 Å². The summed E-state index contributed by atoms with van der Waals surface area (Å²) in [6.07, 6.45) is 3.57. The Labute approximate surface area is 121 Å². The summed E-state index contributed by atoms with van der Waals surface area (Å²) in [5.41, 5.74) is 0.656. The zero-order valence-electron chi connectivity index (χ0n) is 11.7. The fourth-order valence-electron chi connectivity index (χ4n) is 2.00. The molecule has 2 amide bonds. The van der Waals surface area contributed by atoms with Gasteiger partial charge in [0.2, 0.25) is 11.8 Å². The molecule has 1 heterocycles. The van der Waals surface area contributed by atoms with Crippen molar-refractivity contribution >= 4 is 17.9 Å². The average molecular weight is 292 g/mol. The van der Waals surface area contributed by atoms with Gasteiger partial charge in [-0.05, 0) is 13.3 Å². The van der Waals surface area contributed by atoms with E-state index in [0.29, 0.717) is 18.0 Å². The number of hydrogen-bond acceptors (Lipinski definition) is 5. The van der Waals surface area contributed by atoms with Gasteiger partial charge >= 0.3 is 12.0 Å². The molecule has 1 aliphatic carbocycles. The summed E-state index contributed by atoms with van der Waals surface area (Å²) in [7, 11) is 1.47. The molecule has 2 unspecified atom stereocenters. The molecule has 0 fully saturated rings. The summed E-state index contributed by atoms with van der Waals surface area (Å²) < 4.78 is 4.99. The van der Waals surface area contributed by atoms with Crippen LogP contribution in [0.25, 0.3) is 0 Å². The lowest BCUT2D eigenvalue weighted by molar-refractivity contribution is -0.140. The number of carbonyl (C=O) groups excluding carboxylic acids is 1. The van der Waals surface area contributed by atoms with Crippen LogP contribution in [0, 0.1) is 12.8 Å². The normalized spacial score (nSPS) is 20.1. The third-order valence-electron chi connectivity index (χ3n) is 2.98. The van der Waals surface area contributed by atoms with E-state index < -0.39 is 17.9 Å². The Morgan fingerprint density at radius 3 is 2.76 bits per heavy atom. The predicted molar refractivity (Wildman–Crippen MR) is 74.1 cm³/mol. The Kier molecular flexibility index (Phi) is 4.36. The lowest BCUT2D eigenvalue weighted by Gasteiger charge is -2.13. The first-order valence-corrected chi connectivity index (χ1v) is 6.36. The summed E-state index contributed by atoms with van der Waals surface area (Å²) in [6.45, 7) is 1.75. The van der Waals surface area contributed by atoms with Gasteiger partial charge in [0.15, 0.2) is 0 Å². The largest absolute Gasteiger partial charge is 0.481 e. The van der Waals surface area contributed by atoms with Gasteiger partial charge in [-0.2, -0.15) is 4.98 Å². The molecule has 2 rings (SSSR count). The molecule has 0 saturated carbocycles. The number of amides is 2. The first-order valence-electron chi connectivity index (χ1n) is 6.36. The van der Waals surface area contributed by atoms with Gasteiger partial charge in [0.1, 0.15) is 0 Å². The number of carbonyl (C=O) groups is 2. The highest BCUT2D eigenvalue weighted by atomic mass is 16.5. The van der Waals surface area contributed by atoms with E-state index in [9.17, 15) is 9.59 Å². The third kappa shape index (κ3) is 3.91. The van der Waals surface area contributed by atoms with E-state index >= 15 is 0 Å². The van der Waals surface area contributed by atoms with E-state index in [1.165, 1.54) is 7.11 Å². The van der Waals surface area contributed by atoms with Gasteiger partial charge in [-0.15, -0.1) is 0 Å². The quantitative estimate of drug-likeness (QED) is 0.712. The van der Waals surface area contributed by atoms with Gasteiger partial charge in [-0.25, -0.2) is 9.78 Å². The van der Waals surface area contributed by atoms with Gasteiger partial charge in [0.05, 0.1) is 19.1 Å². The average Bonchev–Trinajstić information content (AvgIpc) is 2.86. The van der Waals surface area contributed by atoms with Gasteiger partial charge in [-0.1, -0.05) is 12.2 Å². The van der Waals surface area contributed by atoms with Crippen LogP contribution in [0.5, 0.6) is 5.88 Å². The van der Waals surface area contributed by atoms with E-state index in [0.717, 1.165) is 0 Å². The van der Waals surface area contributed by atoms with Crippen LogP contribution in [0.15, 0.2) is 18.2 Å². The summed E-state index contributed by atoms with van der Waals surface area (Å²) in [6, 6.07) is 0.821. The van der Waals surface area contributed by atoms with Crippen LogP contribution in [0.2, 0.25) is 0 Å². The molecule has 3 N–H and O–H groups in total. The zero-order chi connectivity index (χ0) is 15.4. The highest BCUT2D eigenvalue weighted by Crippen LogP contribution is 2.18. The number of rotatable bonds is 4. The van der Waals surface area contributed by atoms with Crippen LogP contribution in [-0.2, 0) is 4.79 Å². The number of urea groups is 1. The molecule has 1 aliphatic rings. The second-order valence-corrected chi connectivity index (χ2v) is 4.65. The number of carboxylic acids is 1. The van der Waals surface area contributed by atoms with E-state index in [1.54, 1.807) is 25.1 Å². The topological polar surface area (TPSA) is 113 Å². The smallest absolute Gasteiger partial charge is 0.322 e. The molecule has 0 spiro atoms. The number of aromatic nitrogens is 2.